The maximum atomic E-state index is 9.65. The van der Waals surface area contributed by atoms with Crippen LogP contribution in [0, 0.1) is 0 Å². The van der Waals surface area contributed by atoms with E-state index in [4.69, 9.17) is 5.53 Å². The fourth-order valence-electron chi connectivity index (χ4n) is 1.37. The molecule has 0 spiro atoms. The van der Waals surface area contributed by atoms with E-state index in [-0.39, 0.29) is 5.02 Å². The van der Waals surface area contributed by atoms with Crippen LogP contribution in [0.1, 0.15) is 0 Å². The fraction of sp³-hybridized carbons (Fsp3) is 0. The molecular formula is C12H11N3O4S. The first-order chi connectivity index (χ1) is 9.55. The van der Waals surface area contributed by atoms with Crippen LogP contribution < -0.4 is 5.32 Å². The number of nitrogens with zero attached hydrogens (tertiary/aromatic N) is 2. The second kappa shape index (κ2) is 6.02. The summed E-state index contributed by atoms with van der Waals surface area (Å²) in [4.78, 5) is 0. The molecule has 1 fully saturated rings. The lowest BCUT2D eigenvalue weighted by Crippen LogP contribution is -2.31. The van der Waals surface area contributed by atoms with Gasteiger partial charge < -0.3 is 10.8 Å². The van der Waals surface area contributed by atoms with Crippen molar-refractivity contribution in [2.75, 3.05) is 5.32 Å². The van der Waals surface area contributed by atoms with Gasteiger partial charge in [-0.15, -0.1) is 8.42 Å². The molecule has 0 bridgehead atoms. The summed E-state index contributed by atoms with van der Waals surface area (Å²) in [7, 11) is -3.85. The largest absolute Gasteiger partial charge is 0.611 e. The quantitative estimate of drug-likeness (QED) is 0.919. The molecule has 0 saturated carbocycles. The first kappa shape index (κ1) is 13.8. The van der Waals surface area contributed by atoms with E-state index < -0.39 is 10.4 Å². The molecule has 1 saturated heterocycles. The van der Waals surface area contributed by atoms with Crippen LogP contribution in [0.3, 0.4) is 0 Å². The number of anilines is 2. The molecule has 0 atom stereocenters. The van der Waals surface area contributed by atoms with Crippen LogP contribution >= 0.6 is 0 Å². The number of hydrogen-bond donors (Lipinski definition) is 1. The fourth-order valence-corrected chi connectivity index (χ4v) is 1.69. The third-order valence-corrected chi connectivity index (χ3v) is 2.77. The molecule has 0 aromatic heterocycles. The highest BCUT2D eigenvalue weighted by Crippen LogP contribution is 2.14. The Balaban J connectivity index is 0.000000178. The second-order valence-electron chi connectivity index (χ2n) is 3.65. The highest BCUT2D eigenvalue weighted by atomic mass is 32.3. The number of hydrogen-bond acceptors (Lipinski definition) is 5. The molecule has 2 aromatic carbocycles. The molecule has 1 aliphatic heterocycles. The van der Waals surface area contributed by atoms with Crippen molar-refractivity contribution in [1.82, 2.24) is 0 Å². The Bertz CT molecular complexity index is 623. The van der Waals surface area contributed by atoms with Crippen molar-refractivity contribution >= 4 is 21.8 Å². The van der Waals surface area contributed by atoms with Gasteiger partial charge in [0.15, 0.2) is 5.02 Å². The zero-order chi connectivity index (χ0) is 14.4. The van der Waals surface area contributed by atoms with Crippen LogP contribution in [0.5, 0.6) is 0 Å². The minimum Gasteiger partial charge on any atom is -0.388 e. The van der Waals surface area contributed by atoms with Crippen molar-refractivity contribution in [3.63, 3.8) is 0 Å². The van der Waals surface area contributed by atoms with Crippen molar-refractivity contribution < 1.29 is 22.0 Å². The summed E-state index contributed by atoms with van der Waals surface area (Å²) in [5.74, 6) is 0. The Morgan fingerprint density at radius 3 is 1.50 bits per heavy atom. The van der Waals surface area contributed by atoms with Gasteiger partial charge in [0.2, 0.25) is 0 Å². The highest BCUT2D eigenvalue weighted by Gasteiger charge is 2.38. The van der Waals surface area contributed by atoms with Crippen LogP contribution in [0.4, 0.5) is 11.4 Å². The summed E-state index contributed by atoms with van der Waals surface area (Å²) < 4.78 is 26.2. The maximum absolute atomic E-state index is 9.65. The number of nitrogens with one attached hydrogen (secondary N) is 1. The van der Waals surface area contributed by atoms with Crippen LogP contribution in [0.25, 0.3) is 5.53 Å². The van der Waals surface area contributed by atoms with Gasteiger partial charge in [-0.3, -0.25) is 0 Å². The zero-order valence-electron chi connectivity index (χ0n) is 10.2. The minimum absolute atomic E-state index is 0.255. The summed E-state index contributed by atoms with van der Waals surface area (Å²) in [6, 6.07) is 20.3. The molecule has 20 heavy (non-hydrogen) atoms. The van der Waals surface area contributed by atoms with Crippen molar-refractivity contribution in [3.05, 3.63) is 66.2 Å². The molecule has 1 aliphatic rings. The van der Waals surface area contributed by atoms with Gasteiger partial charge in [-0.25, -0.2) is 0 Å². The predicted molar refractivity (Wildman–Crippen MR) is 70.9 cm³/mol. The number of para-hydroxylation sites is 2. The Kier molecular flexibility index (Phi) is 4.16. The van der Waals surface area contributed by atoms with Crippen LogP contribution in [-0.2, 0) is 19.0 Å². The average molecular weight is 293 g/mol. The lowest BCUT2D eigenvalue weighted by molar-refractivity contribution is -0.968. The van der Waals surface area contributed by atoms with E-state index in [0.717, 1.165) is 11.4 Å². The Hall–Kier alpha value is -2.61. The van der Waals surface area contributed by atoms with E-state index in [2.05, 4.69) is 13.9 Å². The van der Waals surface area contributed by atoms with E-state index >= 15 is 0 Å². The molecule has 0 unspecified atom stereocenters. The van der Waals surface area contributed by atoms with E-state index in [9.17, 15) is 8.42 Å². The van der Waals surface area contributed by atoms with E-state index in [1.165, 1.54) is 0 Å². The standard InChI is InChI=1S/C12H11N.N2O4S/c1-3-7-11(8-4-1)13-12-9-5-2-6-10-12;1-2-5-7(3,4)6-2/h1-10,13H;. The first-order valence-corrected chi connectivity index (χ1v) is 6.89. The molecule has 8 heteroatoms. The SMILES string of the molecule is [N-]=[N+]1OS(=O)(=O)O1.c1ccc(Nc2ccccc2)cc1. The lowest BCUT2D eigenvalue weighted by Gasteiger charge is -2.04. The molecule has 3 rings (SSSR count). The van der Waals surface area contributed by atoms with Gasteiger partial charge in [0.1, 0.15) is 0 Å². The van der Waals surface area contributed by atoms with Gasteiger partial charge in [-0.2, -0.15) is 0 Å². The van der Waals surface area contributed by atoms with Gasteiger partial charge in [0.05, 0.1) is 0 Å². The van der Waals surface area contributed by atoms with Crippen molar-refractivity contribution in [3.8, 4) is 0 Å². The molecule has 0 amide bonds. The summed E-state index contributed by atoms with van der Waals surface area (Å²) in [6.45, 7) is 0. The molecule has 0 radical (unpaired) electrons. The topological polar surface area (TPSA) is 89.9 Å². The number of benzene rings is 2. The smallest absolute Gasteiger partial charge is 0.388 e. The molecule has 2 aromatic rings. The molecule has 0 aliphatic carbocycles. The molecule has 7 nitrogen and oxygen atoms in total. The summed E-state index contributed by atoms with van der Waals surface area (Å²) >= 11 is 0. The lowest BCUT2D eigenvalue weighted by atomic mass is 10.3. The molecular weight excluding hydrogens is 282 g/mol. The average Bonchev–Trinajstić information content (AvgIpc) is 2.40. The molecule has 1 N–H and O–H groups in total. The van der Waals surface area contributed by atoms with E-state index in [0.29, 0.717) is 0 Å². The Labute approximate surface area is 116 Å². The minimum atomic E-state index is -3.85. The second-order valence-corrected chi connectivity index (χ2v) is 4.77. The van der Waals surface area contributed by atoms with Gasteiger partial charge in [0.25, 0.3) is 0 Å². The Morgan fingerprint density at radius 2 is 1.25 bits per heavy atom. The van der Waals surface area contributed by atoms with Crippen molar-refractivity contribution in [2.45, 2.75) is 0 Å². The highest BCUT2D eigenvalue weighted by molar-refractivity contribution is 7.82. The number of rotatable bonds is 2. The van der Waals surface area contributed by atoms with Gasteiger partial charge in [-0.1, -0.05) is 45.0 Å². The van der Waals surface area contributed by atoms with Gasteiger partial charge >= 0.3 is 10.4 Å². The summed E-state index contributed by atoms with van der Waals surface area (Å²) in [6.07, 6.45) is 0. The van der Waals surface area contributed by atoms with Crippen molar-refractivity contribution in [1.29, 1.82) is 0 Å². The first-order valence-electron chi connectivity index (χ1n) is 5.55. The van der Waals surface area contributed by atoms with Crippen LogP contribution in [0.15, 0.2) is 60.7 Å². The summed E-state index contributed by atoms with van der Waals surface area (Å²) in [5, 5.41) is 3.05. The summed E-state index contributed by atoms with van der Waals surface area (Å²) in [5.41, 5.74) is 10.0. The molecule has 104 valence electrons. The van der Waals surface area contributed by atoms with E-state index in [1.54, 1.807) is 0 Å². The monoisotopic (exact) mass is 293 g/mol. The maximum Gasteiger partial charge on any atom is 0.611 e. The third-order valence-electron chi connectivity index (χ3n) is 2.15. The normalized spacial score (nSPS) is 14.7. The van der Waals surface area contributed by atoms with E-state index in [1.807, 2.05) is 60.7 Å². The third kappa shape index (κ3) is 4.25. The van der Waals surface area contributed by atoms with Crippen molar-refractivity contribution in [2.24, 2.45) is 0 Å². The van der Waals surface area contributed by atoms with Gasteiger partial charge in [0, 0.05) is 11.4 Å². The molecule has 1 heterocycles. The zero-order valence-corrected chi connectivity index (χ0v) is 11.0. The predicted octanol–water partition coefficient (Wildman–Crippen LogP) is 2.57. The Morgan fingerprint density at radius 1 is 0.850 bits per heavy atom. The van der Waals surface area contributed by atoms with Crippen LogP contribution in [-0.4, -0.2) is 13.4 Å². The van der Waals surface area contributed by atoms with Crippen LogP contribution in [0.2, 0.25) is 0 Å². The van der Waals surface area contributed by atoms with Gasteiger partial charge in [-0.05, 0) is 24.3 Å².